The molecule has 4 rings (SSSR count). The molecule has 0 aromatic heterocycles. The Labute approximate surface area is 149 Å². The number of anilines is 2. The van der Waals surface area contributed by atoms with Gasteiger partial charge in [-0.3, -0.25) is 4.79 Å². The second kappa shape index (κ2) is 6.43. The molecule has 2 heterocycles. The number of carbonyl (C=O) groups excluding carboxylic acids is 1. The van der Waals surface area contributed by atoms with Crippen LogP contribution in [-0.4, -0.2) is 50.6 Å². The molecule has 0 aliphatic carbocycles. The van der Waals surface area contributed by atoms with Gasteiger partial charge in [-0.15, -0.1) is 0 Å². The average molecular weight is 335 g/mol. The summed E-state index contributed by atoms with van der Waals surface area (Å²) in [5.74, 6) is 0.156. The van der Waals surface area contributed by atoms with Crippen LogP contribution in [0, 0.1) is 0 Å². The SMILES string of the molecule is CN(C)c1ccc(C(=O)N2CCCN3c4ccccc4CC3C2)cc1. The van der Waals surface area contributed by atoms with Crippen LogP contribution in [0.2, 0.25) is 0 Å². The van der Waals surface area contributed by atoms with Gasteiger partial charge in [-0.2, -0.15) is 0 Å². The Bertz CT molecular complexity index is 769. The predicted molar refractivity (Wildman–Crippen MR) is 103 cm³/mol. The zero-order chi connectivity index (χ0) is 17.4. The molecule has 1 fully saturated rings. The van der Waals surface area contributed by atoms with E-state index in [-0.39, 0.29) is 5.91 Å². The normalized spacial score (nSPS) is 19.2. The number of nitrogens with zero attached hydrogens (tertiary/aromatic N) is 3. The number of hydrogen-bond acceptors (Lipinski definition) is 3. The van der Waals surface area contributed by atoms with Gasteiger partial charge < -0.3 is 14.7 Å². The van der Waals surface area contributed by atoms with E-state index in [4.69, 9.17) is 0 Å². The van der Waals surface area contributed by atoms with Gasteiger partial charge in [0.05, 0.1) is 6.04 Å². The van der Waals surface area contributed by atoms with E-state index >= 15 is 0 Å². The third-order valence-corrected chi connectivity index (χ3v) is 5.37. The number of amides is 1. The molecule has 4 nitrogen and oxygen atoms in total. The first-order chi connectivity index (χ1) is 12.1. The summed E-state index contributed by atoms with van der Waals surface area (Å²) in [5.41, 5.74) is 4.67. The van der Waals surface area contributed by atoms with Crippen molar-refractivity contribution in [3.05, 3.63) is 59.7 Å². The Morgan fingerprint density at radius 1 is 1.04 bits per heavy atom. The lowest BCUT2D eigenvalue weighted by atomic mass is 10.1. The Balaban J connectivity index is 1.51. The van der Waals surface area contributed by atoms with E-state index < -0.39 is 0 Å². The van der Waals surface area contributed by atoms with E-state index in [1.807, 2.05) is 48.2 Å². The van der Waals surface area contributed by atoms with Crippen LogP contribution >= 0.6 is 0 Å². The maximum absolute atomic E-state index is 13.0. The maximum atomic E-state index is 13.0. The second-order valence-electron chi connectivity index (χ2n) is 7.23. The first-order valence-corrected chi connectivity index (χ1v) is 9.05. The lowest BCUT2D eigenvalue weighted by molar-refractivity contribution is 0.0755. The van der Waals surface area contributed by atoms with Gasteiger partial charge in [-0.05, 0) is 48.7 Å². The van der Waals surface area contributed by atoms with Crippen molar-refractivity contribution in [3.63, 3.8) is 0 Å². The second-order valence-corrected chi connectivity index (χ2v) is 7.23. The summed E-state index contributed by atoms with van der Waals surface area (Å²) in [4.78, 5) is 19.6. The molecule has 130 valence electrons. The Morgan fingerprint density at radius 2 is 1.80 bits per heavy atom. The van der Waals surface area contributed by atoms with Crippen LogP contribution in [-0.2, 0) is 6.42 Å². The van der Waals surface area contributed by atoms with Crippen LogP contribution < -0.4 is 9.80 Å². The maximum Gasteiger partial charge on any atom is 0.253 e. The quantitative estimate of drug-likeness (QED) is 0.844. The third kappa shape index (κ3) is 2.97. The van der Waals surface area contributed by atoms with Gasteiger partial charge in [0.15, 0.2) is 0 Å². The van der Waals surface area contributed by atoms with Crippen LogP contribution in [0.3, 0.4) is 0 Å². The Kier molecular flexibility index (Phi) is 4.12. The zero-order valence-corrected chi connectivity index (χ0v) is 15.0. The average Bonchev–Trinajstić information content (AvgIpc) is 2.84. The van der Waals surface area contributed by atoms with Gasteiger partial charge >= 0.3 is 0 Å². The predicted octanol–water partition coefficient (Wildman–Crippen LogP) is 3.03. The molecule has 0 radical (unpaired) electrons. The molecular weight excluding hydrogens is 310 g/mol. The number of rotatable bonds is 2. The van der Waals surface area contributed by atoms with Gasteiger partial charge in [0, 0.05) is 50.7 Å². The summed E-state index contributed by atoms with van der Waals surface area (Å²) in [6.07, 6.45) is 2.06. The molecule has 2 aliphatic rings. The first kappa shape index (κ1) is 16.0. The van der Waals surface area contributed by atoms with E-state index in [0.29, 0.717) is 6.04 Å². The Hall–Kier alpha value is -2.49. The summed E-state index contributed by atoms with van der Waals surface area (Å²) >= 11 is 0. The van der Waals surface area contributed by atoms with Crippen LogP contribution in [0.25, 0.3) is 0 Å². The molecule has 1 unspecified atom stereocenters. The summed E-state index contributed by atoms with van der Waals surface area (Å²) in [6, 6.07) is 17.0. The monoisotopic (exact) mass is 335 g/mol. The van der Waals surface area contributed by atoms with Crippen LogP contribution in [0.5, 0.6) is 0 Å². The third-order valence-electron chi connectivity index (χ3n) is 5.37. The zero-order valence-electron chi connectivity index (χ0n) is 15.0. The summed E-state index contributed by atoms with van der Waals surface area (Å²) in [5, 5.41) is 0. The molecule has 0 spiro atoms. The van der Waals surface area contributed by atoms with E-state index in [9.17, 15) is 4.79 Å². The first-order valence-electron chi connectivity index (χ1n) is 9.05. The molecule has 2 aromatic rings. The fourth-order valence-electron chi connectivity index (χ4n) is 4.04. The lowest BCUT2D eigenvalue weighted by Gasteiger charge is -2.27. The van der Waals surface area contributed by atoms with Crippen molar-refractivity contribution in [1.82, 2.24) is 4.90 Å². The molecule has 0 bridgehead atoms. The fourth-order valence-corrected chi connectivity index (χ4v) is 4.04. The molecular formula is C21H25N3O. The molecule has 25 heavy (non-hydrogen) atoms. The Morgan fingerprint density at radius 3 is 2.56 bits per heavy atom. The minimum Gasteiger partial charge on any atom is -0.378 e. The van der Waals surface area contributed by atoms with Crippen molar-refractivity contribution in [2.45, 2.75) is 18.9 Å². The molecule has 0 saturated carbocycles. The van der Waals surface area contributed by atoms with Crippen molar-refractivity contribution in [2.75, 3.05) is 43.5 Å². The van der Waals surface area contributed by atoms with Gasteiger partial charge in [-0.1, -0.05) is 18.2 Å². The van der Waals surface area contributed by atoms with Crippen molar-refractivity contribution in [2.24, 2.45) is 0 Å². The smallest absolute Gasteiger partial charge is 0.253 e. The van der Waals surface area contributed by atoms with Crippen molar-refractivity contribution in [3.8, 4) is 0 Å². The number of benzene rings is 2. The highest BCUT2D eigenvalue weighted by molar-refractivity contribution is 5.94. The van der Waals surface area contributed by atoms with Crippen LogP contribution in [0.1, 0.15) is 22.3 Å². The highest BCUT2D eigenvalue weighted by Gasteiger charge is 2.33. The molecule has 1 amide bonds. The van der Waals surface area contributed by atoms with Gasteiger partial charge in [0.25, 0.3) is 5.91 Å². The van der Waals surface area contributed by atoms with E-state index in [1.165, 1.54) is 11.3 Å². The van der Waals surface area contributed by atoms with Gasteiger partial charge in [-0.25, -0.2) is 0 Å². The summed E-state index contributed by atoms with van der Waals surface area (Å²) < 4.78 is 0. The van der Waals surface area contributed by atoms with Crippen molar-refractivity contribution >= 4 is 17.3 Å². The molecule has 2 aromatic carbocycles. The topological polar surface area (TPSA) is 26.8 Å². The number of para-hydroxylation sites is 1. The van der Waals surface area contributed by atoms with Crippen molar-refractivity contribution < 1.29 is 4.79 Å². The van der Waals surface area contributed by atoms with E-state index in [2.05, 4.69) is 29.2 Å². The standard InChI is InChI=1S/C21H25N3O/c1-22(2)18-10-8-16(9-11-18)21(25)23-12-5-13-24-19(15-23)14-17-6-3-4-7-20(17)24/h3-4,6-11,19H,5,12-15H2,1-2H3. The van der Waals surface area contributed by atoms with E-state index in [0.717, 1.165) is 43.7 Å². The molecule has 2 aliphatic heterocycles. The molecule has 1 saturated heterocycles. The lowest BCUT2D eigenvalue weighted by Crippen LogP contribution is -2.41. The van der Waals surface area contributed by atoms with Gasteiger partial charge in [0.2, 0.25) is 0 Å². The van der Waals surface area contributed by atoms with Crippen molar-refractivity contribution in [1.29, 1.82) is 0 Å². The van der Waals surface area contributed by atoms with E-state index in [1.54, 1.807) is 0 Å². The van der Waals surface area contributed by atoms with Gasteiger partial charge in [0.1, 0.15) is 0 Å². The van der Waals surface area contributed by atoms with Crippen LogP contribution in [0.4, 0.5) is 11.4 Å². The highest BCUT2D eigenvalue weighted by Crippen LogP contribution is 2.33. The minimum atomic E-state index is 0.156. The molecule has 1 atom stereocenters. The number of fused-ring (bicyclic) bond motifs is 3. The summed E-state index contributed by atoms with van der Waals surface area (Å²) in [6.45, 7) is 2.68. The largest absolute Gasteiger partial charge is 0.378 e. The summed E-state index contributed by atoms with van der Waals surface area (Å²) in [7, 11) is 4.02. The molecule has 0 N–H and O–H groups in total. The minimum absolute atomic E-state index is 0.156. The fraction of sp³-hybridized carbons (Fsp3) is 0.381. The molecule has 4 heteroatoms. The van der Waals surface area contributed by atoms with Crippen LogP contribution in [0.15, 0.2) is 48.5 Å². The number of hydrogen-bond donors (Lipinski definition) is 0. The highest BCUT2D eigenvalue weighted by atomic mass is 16.2. The number of carbonyl (C=O) groups is 1.